The standard InChI is InChI=1S/C9H8BrClINO/c10-8-2-1-6(11)5-7(8)9(14)13-4-3-12/h1-2,5H,3-4H2,(H,13,14). The van der Waals surface area contributed by atoms with Gasteiger partial charge in [-0.1, -0.05) is 34.2 Å². The van der Waals surface area contributed by atoms with Crippen LogP contribution in [0.1, 0.15) is 10.4 Å². The van der Waals surface area contributed by atoms with Gasteiger partial charge in [0.25, 0.3) is 5.91 Å². The molecule has 0 radical (unpaired) electrons. The van der Waals surface area contributed by atoms with Gasteiger partial charge in [-0.2, -0.15) is 0 Å². The lowest BCUT2D eigenvalue weighted by atomic mass is 10.2. The second-order valence-corrected chi connectivity index (χ2v) is 4.94. The molecule has 0 fully saturated rings. The fourth-order valence-electron chi connectivity index (χ4n) is 0.928. The van der Waals surface area contributed by atoms with Gasteiger partial charge in [0.1, 0.15) is 0 Å². The molecule has 1 aromatic carbocycles. The van der Waals surface area contributed by atoms with Crippen LogP contribution in [0.2, 0.25) is 5.02 Å². The molecule has 0 aliphatic rings. The Labute approximate surface area is 110 Å². The van der Waals surface area contributed by atoms with Gasteiger partial charge in [-0.3, -0.25) is 4.79 Å². The first kappa shape index (κ1) is 12.3. The summed E-state index contributed by atoms with van der Waals surface area (Å²) < 4.78 is 1.65. The number of amides is 1. The van der Waals surface area contributed by atoms with Crippen molar-refractivity contribution >= 4 is 56.0 Å². The first-order valence-corrected chi connectivity index (χ1v) is 6.64. The molecular weight excluding hydrogens is 380 g/mol. The number of hydrogen-bond acceptors (Lipinski definition) is 1. The van der Waals surface area contributed by atoms with Crippen molar-refractivity contribution in [3.05, 3.63) is 33.3 Å². The van der Waals surface area contributed by atoms with Crippen molar-refractivity contribution in [2.45, 2.75) is 0 Å². The zero-order valence-electron chi connectivity index (χ0n) is 7.19. The fourth-order valence-corrected chi connectivity index (χ4v) is 1.80. The smallest absolute Gasteiger partial charge is 0.252 e. The highest BCUT2D eigenvalue weighted by Gasteiger charge is 2.09. The van der Waals surface area contributed by atoms with Crippen molar-refractivity contribution in [2.75, 3.05) is 11.0 Å². The SMILES string of the molecule is O=C(NCCI)c1cc(Cl)ccc1Br. The van der Waals surface area contributed by atoms with Gasteiger partial charge in [0.2, 0.25) is 0 Å². The highest BCUT2D eigenvalue weighted by atomic mass is 127. The van der Waals surface area contributed by atoms with Crippen LogP contribution in [0.5, 0.6) is 0 Å². The van der Waals surface area contributed by atoms with Crippen LogP contribution in [0.4, 0.5) is 0 Å². The summed E-state index contributed by atoms with van der Waals surface area (Å²) in [5.74, 6) is -0.101. The summed E-state index contributed by atoms with van der Waals surface area (Å²) >= 11 is 11.3. The Morgan fingerprint density at radius 3 is 2.93 bits per heavy atom. The number of rotatable bonds is 3. The third-order valence-corrected chi connectivity index (χ3v) is 3.02. The van der Waals surface area contributed by atoms with E-state index in [-0.39, 0.29) is 5.91 Å². The average Bonchev–Trinajstić information content (AvgIpc) is 2.18. The van der Waals surface area contributed by atoms with E-state index in [0.717, 1.165) is 8.90 Å². The Morgan fingerprint density at radius 1 is 1.57 bits per heavy atom. The average molecular weight is 388 g/mol. The number of nitrogens with one attached hydrogen (secondary N) is 1. The van der Waals surface area contributed by atoms with Gasteiger partial charge in [-0.25, -0.2) is 0 Å². The molecule has 0 bridgehead atoms. The first-order chi connectivity index (χ1) is 6.65. The molecule has 0 spiro atoms. The number of carbonyl (C=O) groups is 1. The monoisotopic (exact) mass is 387 g/mol. The van der Waals surface area contributed by atoms with Crippen LogP contribution < -0.4 is 5.32 Å². The molecule has 0 atom stereocenters. The van der Waals surface area contributed by atoms with E-state index in [0.29, 0.717) is 17.1 Å². The van der Waals surface area contributed by atoms with Crippen LogP contribution >= 0.6 is 50.1 Å². The predicted molar refractivity (Wildman–Crippen MR) is 70.4 cm³/mol. The van der Waals surface area contributed by atoms with E-state index in [2.05, 4.69) is 43.8 Å². The van der Waals surface area contributed by atoms with Gasteiger partial charge >= 0.3 is 0 Å². The lowest BCUT2D eigenvalue weighted by Crippen LogP contribution is -2.25. The summed E-state index contributed by atoms with van der Waals surface area (Å²) in [7, 11) is 0. The van der Waals surface area contributed by atoms with E-state index in [1.807, 2.05) is 0 Å². The molecule has 1 N–H and O–H groups in total. The third kappa shape index (κ3) is 3.40. The Morgan fingerprint density at radius 2 is 2.29 bits per heavy atom. The lowest BCUT2D eigenvalue weighted by Gasteiger charge is -2.05. The summed E-state index contributed by atoms with van der Waals surface area (Å²) in [4.78, 5) is 11.6. The van der Waals surface area contributed by atoms with E-state index < -0.39 is 0 Å². The van der Waals surface area contributed by atoms with Crippen molar-refractivity contribution in [3.8, 4) is 0 Å². The van der Waals surface area contributed by atoms with E-state index in [9.17, 15) is 4.79 Å². The quantitative estimate of drug-likeness (QED) is 0.625. The van der Waals surface area contributed by atoms with Gasteiger partial charge in [-0.15, -0.1) is 0 Å². The Kier molecular flexibility index (Phi) is 5.19. The molecule has 0 aromatic heterocycles. The number of alkyl halides is 1. The van der Waals surface area contributed by atoms with E-state index in [1.54, 1.807) is 18.2 Å². The minimum atomic E-state index is -0.101. The van der Waals surface area contributed by atoms with Crippen LogP contribution in [0.25, 0.3) is 0 Å². The lowest BCUT2D eigenvalue weighted by molar-refractivity contribution is 0.0955. The fraction of sp³-hybridized carbons (Fsp3) is 0.222. The molecular formula is C9H8BrClINO. The zero-order valence-corrected chi connectivity index (χ0v) is 11.7. The second kappa shape index (κ2) is 5.92. The van der Waals surface area contributed by atoms with Gasteiger partial charge < -0.3 is 5.32 Å². The summed E-state index contributed by atoms with van der Waals surface area (Å²) in [5, 5.41) is 3.34. The van der Waals surface area contributed by atoms with Crippen molar-refractivity contribution in [1.82, 2.24) is 5.32 Å². The molecule has 0 unspecified atom stereocenters. The highest BCUT2D eigenvalue weighted by molar-refractivity contribution is 14.1. The largest absolute Gasteiger partial charge is 0.351 e. The Hall–Kier alpha value is 0.190. The van der Waals surface area contributed by atoms with Gasteiger partial charge in [0.05, 0.1) is 5.56 Å². The van der Waals surface area contributed by atoms with E-state index in [1.165, 1.54) is 0 Å². The normalized spacial score (nSPS) is 9.93. The third-order valence-electron chi connectivity index (χ3n) is 1.55. The molecule has 5 heteroatoms. The van der Waals surface area contributed by atoms with Crippen LogP contribution in [0.3, 0.4) is 0 Å². The molecule has 0 aliphatic carbocycles. The maximum Gasteiger partial charge on any atom is 0.252 e. The van der Waals surface area contributed by atoms with E-state index in [4.69, 9.17) is 11.6 Å². The highest BCUT2D eigenvalue weighted by Crippen LogP contribution is 2.20. The minimum Gasteiger partial charge on any atom is -0.351 e. The zero-order chi connectivity index (χ0) is 10.6. The van der Waals surface area contributed by atoms with Crippen molar-refractivity contribution in [3.63, 3.8) is 0 Å². The maximum atomic E-state index is 11.6. The Balaban J connectivity index is 2.83. The number of hydrogen-bond donors (Lipinski definition) is 1. The Bertz CT molecular complexity index is 346. The van der Waals surface area contributed by atoms with Crippen molar-refractivity contribution < 1.29 is 4.79 Å². The number of halogens is 3. The minimum absolute atomic E-state index is 0.101. The molecule has 1 aromatic rings. The molecule has 1 rings (SSSR count). The second-order valence-electron chi connectivity index (χ2n) is 2.57. The van der Waals surface area contributed by atoms with Gasteiger partial charge in [0, 0.05) is 20.5 Å². The molecule has 0 heterocycles. The predicted octanol–water partition coefficient (Wildman–Crippen LogP) is 3.27. The summed E-state index contributed by atoms with van der Waals surface area (Å²) in [6.45, 7) is 0.665. The maximum absolute atomic E-state index is 11.6. The summed E-state index contributed by atoms with van der Waals surface area (Å²) in [6.07, 6.45) is 0. The van der Waals surface area contributed by atoms with E-state index >= 15 is 0 Å². The van der Waals surface area contributed by atoms with Crippen molar-refractivity contribution in [2.24, 2.45) is 0 Å². The van der Waals surface area contributed by atoms with Crippen LogP contribution in [-0.2, 0) is 0 Å². The topological polar surface area (TPSA) is 29.1 Å². The molecule has 1 amide bonds. The van der Waals surface area contributed by atoms with Crippen molar-refractivity contribution in [1.29, 1.82) is 0 Å². The van der Waals surface area contributed by atoms with Gasteiger partial charge in [-0.05, 0) is 34.1 Å². The summed E-state index contributed by atoms with van der Waals surface area (Å²) in [5.41, 5.74) is 0.572. The van der Waals surface area contributed by atoms with Crippen LogP contribution in [0, 0.1) is 0 Å². The first-order valence-electron chi connectivity index (χ1n) is 3.94. The van der Waals surface area contributed by atoms with Crippen LogP contribution in [0.15, 0.2) is 22.7 Å². The number of benzene rings is 1. The van der Waals surface area contributed by atoms with Gasteiger partial charge in [0.15, 0.2) is 0 Å². The molecule has 0 aliphatic heterocycles. The number of carbonyl (C=O) groups excluding carboxylic acids is 1. The summed E-state index contributed by atoms with van der Waals surface area (Å²) in [6, 6.07) is 5.15. The molecule has 76 valence electrons. The molecule has 2 nitrogen and oxygen atoms in total. The molecule has 0 saturated carbocycles. The molecule has 14 heavy (non-hydrogen) atoms. The molecule has 0 saturated heterocycles. The van der Waals surface area contributed by atoms with Crippen LogP contribution in [-0.4, -0.2) is 16.9 Å².